The molecule has 0 aliphatic carbocycles. The zero-order valence-corrected chi connectivity index (χ0v) is 15.1. The Morgan fingerprint density at radius 1 is 1.21 bits per heavy atom. The number of rotatable bonds is 7. The van der Waals surface area contributed by atoms with Crippen molar-refractivity contribution in [1.29, 1.82) is 0 Å². The van der Waals surface area contributed by atoms with Crippen LogP contribution < -0.4 is 0 Å². The molecule has 5 heteroatoms. The van der Waals surface area contributed by atoms with Gasteiger partial charge < -0.3 is 4.90 Å². The summed E-state index contributed by atoms with van der Waals surface area (Å²) in [5, 5.41) is 0.598. The summed E-state index contributed by atoms with van der Waals surface area (Å²) >= 11 is 8.46. The van der Waals surface area contributed by atoms with Gasteiger partial charge >= 0.3 is 0 Å². The average Bonchev–Trinajstić information content (AvgIpc) is 2.36. The molecule has 108 valence electrons. The van der Waals surface area contributed by atoms with Crippen LogP contribution in [-0.2, 0) is 12.8 Å². The van der Waals surface area contributed by atoms with E-state index in [0.29, 0.717) is 11.1 Å². The van der Waals surface area contributed by atoms with Crippen molar-refractivity contribution in [3.8, 4) is 0 Å². The van der Waals surface area contributed by atoms with Gasteiger partial charge in [-0.25, -0.2) is 9.97 Å². The van der Waals surface area contributed by atoms with E-state index in [4.69, 9.17) is 11.6 Å². The minimum absolute atomic E-state index is 0.579. The summed E-state index contributed by atoms with van der Waals surface area (Å²) in [6.45, 7) is 11.9. The van der Waals surface area contributed by atoms with E-state index in [-0.39, 0.29) is 0 Å². The molecule has 1 aromatic heterocycles. The van der Waals surface area contributed by atoms with Crippen LogP contribution in [-0.4, -0.2) is 34.5 Å². The summed E-state index contributed by atoms with van der Waals surface area (Å²) in [4.78, 5) is 11.5. The standard InChI is InChI=1S/C14H23ClIN3/c1-5-19(6-2)8-7-12-17-11(9-10(3)4)13(16)14(15)18-12/h10H,5-9H2,1-4H3. The predicted octanol–water partition coefficient (Wildman–Crippen LogP) is 3.82. The molecule has 0 radical (unpaired) electrons. The summed E-state index contributed by atoms with van der Waals surface area (Å²) in [5.41, 5.74) is 1.09. The van der Waals surface area contributed by atoms with Gasteiger partial charge in [0.2, 0.25) is 0 Å². The van der Waals surface area contributed by atoms with Gasteiger partial charge in [-0.15, -0.1) is 0 Å². The Morgan fingerprint density at radius 2 is 1.84 bits per heavy atom. The molecule has 3 nitrogen and oxygen atoms in total. The van der Waals surface area contributed by atoms with Crippen molar-refractivity contribution < 1.29 is 0 Å². The van der Waals surface area contributed by atoms with E-state index in [1.165, 1.54) is 0 Å². The fraction of sp³-hybridized carbons (Fsp3) is 0.714. The molecule has 0 unspecified atom stereocenters. The number of hydrogen-bond acceptors (Lipinski definition) is 3. The highest BCUT2D eigenvalue weighted by atomic mass is 127. The van der Waals surface area contributed by atoms with Crippen LogP contribution in [0, 0.1) is 9.49 Å². The molecule has 0 amide bonds. The molecule has 1 heterocycles. The lowest BCUT2D eigenvalue weighted by Crippen LogP contribution is -2.26. The minimum Gasteiger partial charge on any atom is -0.303 e. The SMILES string of the molecule is CCN(CC)CCc1nc(Cl)c(I)c(CC(C)C)n1. The van der Waals surface area contributed by atoms with Gasteiger partial charge in [0.05, 0.1) is 9.26 Å². The van der Waals surface area contributed by atoms with E-state index in [9.17, 15) is 0 Å². The molecular formula is C14H23ClIN3. The van der Waals surface area contributed by atoms with Gasteiger partial charge in [-0.3, -0.25) is 0 Å². The Kier molecular flexibility index (Phi) is 7.54. The first-order valence-corrected chi connectivity index (χ1v) is 8.36. The van der Waals surface area contributed by atoms with Crippen molar-refractivity contribution in [2.75, 3.05) is 19.6 Å². The Balaban J connectivity index is 2.81. The lowest BCUT2D eigenvalue weighted by molar-refractivity contribution is 0.305. The highest BCUT2D eigenvalue weighted by Crippen LogP contribution is 2.21. The largest absolute Gasteiger partial charge is 0.303 e. The van der Waals surface area contributed by atoms with Gasteiger partial charge in [-0.1, -0.05) is 39.3 Å². The van der Waals surface area contributed by atoms with Crippen molar-refractivity contribution in [3.63, 3.8) is 0 Å². The van der Waals surface area contributed by atoms with Crippen LogP contribution in [0.4, 0.5) is 0 Å². The van der Waals surface area contributed by atoms with Crippen LogP contribution in [0.25, 0.3) is 0 Å². The van der Waals surface area contributed by atoms with Crippen LogP contribution in [0.3, 0.4) is 0 Å². The summed E-state index contributed by atoms with van der Waals surface area (Å²) in [6, 6.07) is 0. The van der Waals surface area contributed by atoms with Crippen LogP contribution in [0.2, 0.25) is 5.15 Å². The zero-order valence-electron chi connectivity index (χ0n) is 12.2. The molecule has 1 rings (SSSR count). The summed E-state index contributed by atoms with van der Waals surface area (Å²) in [7, 11) is 0. The Bertz CT molecular complexity index is 406. The number of hydrogen-bond donors (Lipinski definition) is 0. The van der Waals surface area contributed by atoms with Gasteiger partial charge in [0.1, 0.15) is 11.0 Å². The Hall–Kier alpha value is 0.0600. The predicted molar refractivity (Wildman–Crippen MR) is 89.8 cm³/mol. The summed E-state index contributed by atoms with van der Waals surface area (Å²) in [6.07, 6.45) is 1.82. The van der Waals surface area contributed by atoms with Gasteiger partial charge in [0.25, 0.3) is 0 Å². The van der Waals surface area contributed by atoms with Crippen LogP contribution in [0.1, 0.15) is 39.2 Å². The second-order valence-electron chi connectivity index (χ2n) is 5.07. The molecule has 0 atom stereocenters. The highest BCUT2D eigenvalue weighted by Gasteiger charge is 2.12. The minimum atomic E-state index is 0.579. The van der Waals surface area contributed by atoms with Gasteiger partial charge in [-0.2, -0.15) is 0 Å². The Morgan fingerprint density at radius 3 is 2.37 bits per heavy atom. The average molecular weight is 396 g/mol. The van der Waals surface area contributed by atoms with E-state index >= 15 is 0 Å². The maximum atomic E-state index is 6.21. The smallest absolute Gasteiger partial charge is 0.146 e. The first kappa shape index (κ1) is 17.1. The maximum Gasteiger partial charge on any atom is 0.146 e. The van der Waals surface area contributed by atoms with Crippen molar-refractivity contribution in [1.82, 2.24) is 14.9 Å². The van der Waals surface area contributed by atoms with E-state index in [1.807, 2.05) is 0 Å². The Labute approximate surface area is 135 Å². The van der Waals surface area contributed by atoms with E-state index in [0.717, 1.165) is 47.6 Å². The molecule has 0 aromatic carbocycles. The van der Waals surface area contributed by atoms with Gasteiger partial charge in [0.15, 0.2) is 0 Å². The topological polar surface area (TPSA) is 29.0 Å². The molecule has 0 saturated carbocycles. The molecule has 0 aliphatic rings. The molecular weight excluding hydrogens is 373 g/mol. The fourth-order valence-corrected chi connectivity index (χ4v) is 2.61. The summed E-state index contributed by atoms with van der Waals surface area (Å²) < 4.78 is 1.000. The molecule has 0 N–H and O–H groups in total. The maximum absolute atomic E-state index is 6.21. The third kappa shape index (κ3) is 5.52. The lowest BCUT2D eigenvalue weighted by Gasteiger charge is -2.17. The number of halogens is 2. The highest BCUT2D eigenvalue weighted by molar-refractivity contribution is 14.1. The monoisotopic (exact) mass is 395 g/mol. The van der Waals surface area contributed by atoms with Crippen LogP contribution >= 0.6 is 34.2 Å². The molecule has 1 aromatic rings. The van der Waals surface area contributed by atoms with Crippen molar-refractivity contribution >= 4 is 34.2 Å². The van der Waals surface area contributed by atoms with Crippen LogP contribution in [0.5, 0.6) is 0 Å². The van der Waals surface area contributed by atoms with E-state index < -0.39 is 0 Å². The normalized spacial score (nSPS) is 11.6. The quantitative estimate of drug-likeness (QED) is 0.519. The zero-order chi connectivity index (χ0) is 14.4. The molecule has 19 heavy (non-hydrogen) atoms. The fourth-order valence-electron chi connectivity index (χ4n) is 1.94. The van der Waals surface area contributed by atoms with E-state index in [2.05, 4.69) is 65.2 Å². The molecule has 0 bridgehead atoms. The van der Waals surface area contributed by atoms with Crippen molar-refractivity contribution in [2.45, 2.75) is 40.5 Å². The first-order valence-electron chi connectivity index (χ1n) is 6.91. The molecule has 0 aliphatic heterocycles. The third-order valence-electron chi connectivity index (χ3n) is 3.07. The van der Waals surface area contributed by atoms with Crippen molar-refractivity contribution in [2.24, 2.45) is 5.92 Å². The number of likely N-dealkylation sites (N-methyl/N-ethyl adjacent to an activating group) is 1. The first-order chi connectivity index (χ1) is 8.97. The number of aromatic nitrogens is 2. The molecule has 0 spiro atoms. The van der Waals surface area contributed by atoms with E-state index in [1.54, 1.807) is 0 Å². The molecule has 0 saturated heterocycles. The van der Waals surface area contributed by atoms with Crippen molar-refractivity contribution in [3.05, 3.63) is 20.2 Å². The van der Waals surface area contributed by atoms with Gasteiger partial charge in [-0.05, 0) is 48.0 Å². The van der Waals surface area contributed by atoms with Gasteiger partial charge in [0, 0.05) is 13.0 Å². The lowest BCUT2D eigenvalue weighted by atomic mass is 10.1. The summed E-state index contributed by atoms with van der Waals surface area (Å²) in [5.74, 6) is 1.45. The second kappa shape index (κ2) is 8.37. The second-order valence-corrected chi connectivity index (χ2v) is 6.50. The molecule has 0 fully saturated rings. The number of nitrogens with zero attached hydrogens (tertiary/aromatic N) is 3. The third-order valence-corrected chi connectivity index (χ3v) is 4.80. The van der Waals surface area contributed by atoms with Crippen LogP contribution in [0.15, 0.2) is 0 Å².